The first-order valence-electron chi connectivity index (χ1n) is 3.93. The molecular weight excluding hydrogens is 211 g/mol. The molecule has 4 nitrogen and oxygen atoms in total. The minimum absolute atomic E-state index is 0. The van der Waals surface area contributed by atoms with Crippen LogP contribution in [0, 0.1) is 0 Å². The van der Waals surface area contributed by atoms with Crippen molar-refractivity contribution in [3.05, 3.63) is 35.9 Å². The maximum Gasteiger partial charge on any atom is 1.00 e. The maximum atomic E-state index is 11.0. The Morgan fingerprint density at radius 1 is 1.33 bits per heavy atom. The summed E-state index contributed by atoms with van der Waals surface area (Å²) in [7, 11) is -3.69. The van der Waals surface area contributed by atoms with E-state index in [9.17, 15) is 13.2 Å². The van der Waals surface area contributed by atoms with Crippen LogP contribution in [0.5, 0.6) is 0 Å². The molecule has 0 aliphatic heterocycles. The SMILES string of the molecule is CS(=O)(=O)OC(=O)Cc1ccccc1.[H-].[Li+]. The van der Waals surface area contributed by atoms with Crippen molar-refractivity contribution in [1.29, 1.82) is 0 Å². The van der Waals surface area contributed by atoms with Crippen molar-refractivity contribution in [3.8, 4) is 0 Å². The third kappa shape index (κ3) is 6.34. The van der Waals surface area contributed by atoms with Gasteiger partial charge in [-0.05, 0) is 5.56 Å². The molecule has 15 heavy (non-hydrogen) atoms. The molecule has 1 aromatic rings. The van der Waals surface area contributed by atoms with E-state index < -0.39 is 16.1 Å². The fraction of sp³-hybridized carbons (Fsp3) is 0.222. The Morgan fingerprint density at radius 2 is 1.87 bits per heavy atom. The van der Waals surface area contributed by atoms with Crippen LogP contribution in [0.3, 0.4) is 0 Å². The van der Waals surface area contributed by atoms with Crippen molar-refractivity contribution in [2.24, 2.45) is 0 Å². The molecule has 6 heteroatoms. The Kier molecular flexibility index (Phi) is 5.66. The summed E-state index contributed by atoms with van der Waals surface area (Å²) in [4.78, 5) is 11.0. The molecule has 0 N–H and O–H groups in total. The third-order valence-electron chi connectivity index (χ3n) is 1.44. The van der Waals surface area contributed by atoms with Crippen LogP contribution in [0.4, 0.5) is 0 Å². The molecule has 0 fully saturated rings. The van der Waals surface area contributed by atoms with Crippen LogP contribution in [0.1, 0.15) is 6.99 Å². The minimum Gasteiger partial charge on any atom is -1.00 e. The molecule has 0 spiro atoms. The van der Waals surface area contributed by atoms with Crippen LogP contribution in [0.15, 0.2) is 30.3 Å². The number of hydrogen-bond acceptors (Lipinski definition) is 4. The summed E-state index contributed by atoms with van der Waals surface area (Å²) in [5.41, 5.74) is 0.723. The molecular formula is C9H11LiO4S. The zero-order chi connectivity index (χ0) is 10.6. The van der Waals surface area contributed by atoms with E-state index >= 15 is 0 Å². The normalized spacial score (nSPS) is 10.2. The van der Waals surface area contributed by atoms with Crippen molar-refractivity contribution >= 4 is 16.1 Å². The smallest absolute Gasteiger partial charge is 1.00 e. The van der Waals surface area contributed by atoms with E-state index in [1.807, 2.05) is 6.07 Å². The van der Waals surface area contributed by atoms with Crippen molar-refractivity contribution in [3.63, 3.8) is 0 Å². The quantitative estimate of drug-likeness (QED) is 0.432. The van der Waals surface area contributed by atoms with Gasteiger partial charge in [0.25, 0.3) is 0 Å². The van der Waals surface area contributed by atoms with Crippen LogP contribution in [-0.2, 0) is 25.5 Å². The van der Waals surface area contributed by atoms with Crippen molar-refractivity contribution in [2.45, 2.75) is 6.42 Å². The predicted octanol–water partition coefficient (Wildman–Crippen LogP) is -2.15. The van der Waals surface area contributed by atoms with Crippen molar-refractivity contribution in [1.82, 2.24) is 0 Å². The summed E-state index contributed by atoms with van der Waals surface area (Å²) in [6, 6.07) is 8.80. The van der Waals surface area contributed by atoms with Crippen LogP contribution in [-0.4, -0.2) is 20.6 Å². The molecule has 0 saturated carbocycles. The van der Waals surface area contributed by atoms with Gasteiger partial charge < -0.3 is 5.61 Å². The van der Waals surface area contributed by atoms with Gasteiger partial charge in [-0.2, -0.15) is 8.42 Å². The van der Waals surface area contributed by atoms with E-state index in [2.05, 4.69) is 4.18 Å². The van der Waals surface area contributed by atoms with Gasteiger partial charge >= 0.3 is 34.9 Å². The average molecular weight is 222 g/mol. The number of carbonyl (C=O) groups is 1. The molecule has 1 rings (SSSR count). The average Bonchev–Trinajstić information content (AvgIpc) is 2.02. The van der Waals surface area contributed by atoms with Gasteiger partial charge in [0, 0.05) is 0 Å². The second-order valence-electron chi connectivity index (χ2n) is 2.82. The molecule has 0 aliphatic carbocycles. The molecule has 0 unspecified atom stereocenters. The first kappa shape index (κ1) is 14.2. The maximum absolute atomic E-state index is 11.0. The largest absolute Gasteiger partial charge is 1.00 e. The molecule has 0 saturated heterocycles. The van der Waals surface area contributed by atoms with Crippen LogP contribution in [0.2, 0.25) is 0 Å². The number of benzene rings is 1. The van der Waals surface area contributed by atoms with E-state index in [0.29, 0.717) is 0 Å². The summed E-state index contributed by atoms with van der Waals surface area (Å²) in [6.07, 6.45) is 0.809. The van der Waals surface area contributed by atoms with Crippen LogP contribution in [0.25, 0.3) is 0 Å². The number of carbonyl (C=O) groups excluding carboxylic acids is 1. The van der Waals surface area contributed by atoms with Gasteiger partial charge in [0.15, 0.2) is 0 Å². The fourth-order valence-electron chi connectivity index (χ4n) is 0.961. The first-order chi connectivity index (χ1) is 6.47. The molecule has 0 bridgehead atoms. The van der Waals surface area contributed by atoms with E-state index in [1.165, 1.54) is 0 Å². The van der Waals surface area contributed by atoms with Gasteiger partial charge in [0.1, 0.15) is 0 Å². The van der Waals surface area contributed by atoms with Crippen LogP contribution < -0.4 is 18.9 Å². The van der Waals surface area contributed by atoms with Gasteiger partial charge in [-0.25, -0.2) is 0 Å². The third-order valence-corrected chi connectivity index (χ3v) is 1.92. The summed E-state index contributed by atoms with van der Waals surface area (Å²) in [6.45, 7) is 0. The molecule has 0 atom stereocenters. The predicted molar refractivity (Wildman–Crippen MR) is 52.2 cm³/mol. The van der Waals surface area contributed by atoms with Gasteiger partial charge in [-0.1, -0.05) is 30.3 Å². The van der Waals surface area contributed by atoms with Crippen LogP contribution >= 0.6 is 0 Å². The number of rotatable bonds is 3. The molecule has 78 valence electrons. The molecule has 1 aromatic carbocycles. The molecule has 0 amide bonds. The zero-order valence-electron chi connectivity index (χ0n) is 9.64. The first-order valence-corrected chi connectivity index (χ1v) is 5.75. The molecule has 0 heterocycles. The zero-order valence-corrected chi connectivity index (χ0v) is 9.45. The molecule has 0 aromatic heterocycles. The van der Waals surface area contributed by atoms with Crippen molar-refractivity contribution in [2.75, 3.05) is 6.26 Å². The van der Waals surface area contributed by atoms with Gasteiger partial charge in [-0.15, -0.1) is 0 Å². The van der Waals surface area contributed by atoms with Gasteiger partial charge in [-0.3, -0.25) is 4.79 Å². The van der Waals surface area contributed by atoms with E-state index in [4.69, 9.17) is 0 Å². The van der Waals surface area contributed by atoms with Crippen molar-refractivity contribution < 1.29 is 37.7 Å². The Hall–Kier alpha value is -0.763. The van der Waals surface area contributed by atoms with Gasteiger partial charge in [0.05, 0.1) is 12.7 Å². The van der Waals surface area contributed by atoms with E-state index in [0.717, 1.165) is 11.8 Å². The Morgan fingerprint density at radius 3 is 2.33 bits per heavy atom. The van der Waals surface area contributed by atoms with E-state index in [-0.39, 0.29) is 26.7 Å². The molecule has 0 radical (unpaired) electrons. The molecule has 0 aliphatic rings. The number of hydrogen-bond donors (Lipinski definition) is 0. The standard InChI is InChI=1S/C9H10O4S.Li.H/c1-14(11,12)13-9(10)7-8-5-3-2-4-6-8;;/h2-6H,7H2,1H3;;/q;+1;-1. The summed E-state index contributed by atoms with van der Waals surface area (Å²) in [5.74, 6) is -0.765. The summed E-state index contributed by atoms with van der Waals surface area (Å²) < 4.78 is 25.4. The second kappa shape index (κ2) is 5.96. The van der Waals surface area contributed by atoms with E-state index in [1.54, 1.807) is 24.3 Å². The summed E-state index contributed by atoms with van der Waals surface area (Å²) in [5, 5.41) is 0. The fourth-order valence-corrected chi connectivity index (χ4v) is 1.36. The topological polar surface area (TPSA) is 60.4 Å². The summed E-state index contributed by atoms with van der Waals surface area (Å²) >= 11 is 0. The minimum atomic E-state index is -3.69. The Balaban J connectivity index is 0. The Bertz CT molecular complexity index is 418. The van der Waals surface area contributed by atoms with Gasteiger partial charge in [0.2, 0.25) is 0 Å². The second-order valence-corrected chi connectivity index (χ2v) is 4.40. The monoisotopic (exact) mass is 222 g/mol. The Labute approximate surface area is 102 Å².